The molecule has 0 aliphatic rings. The lowest BCUT2D eigenvalue weighted by atomic mass is 10.2. The molecule has 102 valence electrons. The summed E-state index contributed by atoms with van der Waals surface area (Å²) >= 11 is 5.75. The first kappa shape index (κ1) is 15.1. The lowest BCUT2D eigenvalue weighted by molar-refractivity contribution is 0.184. The van der Waals surface area contributed by atoms with Crippen molar-refractivity contribution < 1.29 is 4.74 Å². The number of halogens is 1. The summed E-state index contributed by atoms with van der Waals surface area (Å²) in [6.07, 6.45) is 2.51. The second-order valence-corrected chi connectivity index (χ2v) is 4.39. The third-order valence-electron chi connectivity index (χ3n) is 2.67. The molecule has 1 heterocycles. The quantitative estimate of drug-likeness (QED) is 0.734. The number of ether oxygens (including phenoxy) is 1. The second-order valence-electron chi connectivity index (χ2n) is 4.01. The molecule has 1 aromatic rings. The molecule has 0 fully saturated rings. The Hall–Kier alpha value is -0.940. The van der Waals surface area contributed by atoms with Gasteiger partial charge in [-0.25, -0.2) is 4.98 Å². The zero-order valence-corrected chi connectivity index (χ0v) is 12.0. The number of hydrogen-bond donors (Lipinski definition) is 1. The van der Waals surface area contributed by atoms with E-state index in [9.17, 15) is 0 Å². The van der Waals surface area contributed by atoms with E-state index in [1.54, 1.807) is 7.11 Å². The maximum Gasteiger partial charge on any atom is 0.243 e. The molecule has 0 radical (unpaired) electrons. The molecule has 1 unspecified atom stereocenters. The van der Waals surface area contributed by atoms with E-state index in [4.69, 9.17) is 16.3 Å². The van der Waals surface area contributed by atoms with Crippen molar-refractivity contribution in [2.75, 3.05) is 24.9 Å². The minimum absolute atomic E-state index is 0.117. The van der Waals surface area contributed by atoms with Crippen LogP contribution in [0.3, 0.4) is 0 Å². The number of nitrogens with zero attached hydrogens (tertiary/aromatic N) is 3. The summed E-state index contributed by atoms with van der Waals surface area (Å²) in [5, 5.41) is 11.5. The van der Waals surface area contributed by atoms with Crippen molar-refractivity contribution in [1.82, 2.24) is 15.2 Å². The minimum Gasteiger partial charge on any atom is -0.383 e. The summed E-state index contributed by atoms with van der Waals surface area (Å²) in [7, 11) is 1.67. The standard InChI is InChI=1S/C12H21ClN4O/c1-4-10-11(5-2)16-17-12(15-10)14-9(6-7-13)8-18-3/h9H,4-8H2,1-3H3,(H,14,15,17). The van der Waals surface area contributed by atoms with E-state index in [1.807, 2.05) is 0 Å². The molecule has 0 aliphatic heterocycles. The summed E-state index contributed by atoms with van der Waals surface area (Å²) in [6, 6.07) is 0.117. The topological polar surface area (TPSA) is 59.9 Å². The van der Waals surface area contributed by atoms with Gasteiger partial charge in [0, 0.05) is 13.0 Å². The fraction of sp³-hybridized carbons (Fsp3) is 0.750. The molecule has 1 atom stereocenters. The lowest BCUT2D eigenvalue weighted by Crippen LogP contribution is -2.27. The molecule has 1 rings (SSSR count). The van der Waals surface area contributed by atoms with Gasteiger partial charge in [-0.3, -0.25) is 0 Å². The van der Waals surface area contributed by atoms with E-state index in [-0.39, 0.29) is 6.04 Å². The van der Waals surface area contributed by atoms with Crippen LogP contribution in [-0.2, 0) is 17.6 Å². The van der Waals surface area contributed by atoms with Crippen LogP contribution in [0.4, 0.5) is 5.95 Å². The molecule has 0 saturated heterocycles. The molecule has 0 aromatic carbocycles. The zero-order chi connectivity index (χ0) is 13.4. The number of aryl methyl sites for hydroxylation is 2. The maximum absolute atomic E-state index is 5.75. The molecular formula is C12H21ClN4O. The molecule has 0 amide bonds. The molecule has 0 bridgehead atoms. The average Bonchev–Trinajstić information content (AvgIpc) is 2.39. The molecule has 6 heteroatoms. The van der Waals surface area contributed by atoms with Crippen LogP contribution in [0.1, 0.15) is 31.7 Å². The Bertz CT molecular complexity index is 356. The van der Waals surface area contributed by atoms with Gasteiger partial charge < -0.3 is 10.1 Å². The lowest BCUT2D eigenvalue weighted by Gasteiger charge is -2.16. The maximum atomic E-state index is 5.75. The molecule has 5 nitrogen and oxygen atoms in total. The number of alkyl halides is 1. The van der Waals surface area contributed by atoms with Gasteiger partial charge in [0.2, 0.25) is 5.95 Å². The highest BCUT2D eigenvalue weighted by molar-refractivity contribution is 6.17. The number of rotatable bonds is 8. The third-order valence-corrected chi connectivity index (χ3v) is 2.89. The Labute approximate surface area is 113 Å². The van der Waals surface area contributed by atoms with E-state index in [0.29, 0.717) is 18.4 Å². The largest absolute Gasteiger partial charge is 0.383 e. The number of aromatic nitrogens is 3. The van der Waals surface area contributed by atoms with Gasteiger partial charge in [0.15, 0.2) is 0 Å². The first-order chi connectivity index (χ1) is 8.74. The van der Waals surface area contributed by atoms with Gasteiger partial charge in [0.1, 0.15) is 0 Å². The van der Waals surface area contributed by atoms with Crippen molar-refractivity contribution in [3.63, 3.8) is 0 Å². The van der Waals surface area contributed by atoms with E-state index < -0.39 is 0 Å². The van der Waals surface area contributed by atoms with Crippen LogP contribution in [-0.4, -0.2) is 40.8 Å². The monoisotopic (exact) mass is 272 g/mol. The highest BCUT2D eigenvalue weighted by Gasteiger charge is 2.11. The second kappa shape index (κ2) is 8.21. The van der Waals surface area contributed by atoms with Gasteiger partial charge >= 0.3 is 0 Å². The van der Waals surface area contributed by atoms with E-state index in [2.05, 4.69) is 34.3 Å². The minimum atomic E-state index is 0.117. The number of nitrogens with one attached hydrogen (secondary N) is 1. The Kier molecular flexibility index (Phi) is 6.90. The molecule has 18 heavy (non-hydrogen) atoms. The van der Waals surface area contributed by atoms with Gasteiger partial charge in [0.25, 0.3) is 0 Å². The molecule has 0 saturated carbocycles. The number of methoxy groups -OCH3 is 1. The van der Waals surface area contributed by atoms with Gasteiger partial charge in [-0.15, -0.1) is 16.7 Å². The van der Waals surface area contributed by atoms with Gasteiger partial charge in [-0.1, -0.05) is 13.8 Å². The summed E-state index contributed by atoms with van der Waals surface area (Å²) in [5.41, 5.74) is 1.96. The van der Waals surface area contributed by atoms with E-state index >= 15 is 0 Å². The molecule has 1 N–H and O–H groups in total. The molecular weight excluding hydrogens is 252 g/mol. The first-order valence-electron chi connectivity index (χ1n) is 6.29. The van der Waals surface area contributed by atoms with Crippen LogP contribution in [0.2, 0.25) is 0 Å². The van der Waals surface area contributed by atoms with Crippen LogP contribution in [0.15, 0.2) is 0 Å². The zero-order valence-electron chi connectivity index (χ0n) is 11.2. The number of anilines is 1. The summed E-state index contributed by atoms with van der Waals surface area (Å²) < 4.78 is 5.13. The Morgan fingerprint density at radius 3 is 2.50 bits per heavy atom. The van der Waals surface area contributed by atoms with Crippen molar-refractivity contribution >= 4 is 17.5 Å². The van der Waals surface area contributed by atoms with Crippen molar-refractivity contribution in [2.24, 2.45) is 0 Å². The van der Waals surface area contributed by atoms with Gasteiger partial charge in [0.05, 0.1) is 24.0 Å². The Morgan fingerprint density at radius 1 is 1.22 bits per heavy atom. The van der Waals surface area contributed by atoms with Crippen LogP contribution >= 0.6 is 11.6 Å². The van der Waals surface area contributed by atoms with Gasteiger partial charge in [-0.05, 0) is 19.3 Å². The van der Waals surface area contributed by atoms with Crippen molar-refractivity contribution in [1.29, 1.82) is 0 Å². The fourth-order valence-corrected chi connectivity index (χ4v) is 1.98. The van der Waals surface area contributed by atoms with Crippen LogP contribution in [0.25, 0.3) is 0 Å². The first-order valence-corrected chi connectivity index (χ1v) is 6.82. The summed E-state index contributed by atoms with van der Waals surface area (Å²) in [4.78, 5) is 4.48. The fourth-order valence-electron chi connectivity index (χ4n) is 1.71. The predicted molar refractivity (Wildman–Crippen MR) is 73.2 cm³/mol. The van der Waals surface area contributed by atoms with Crippen molar-refractivity contribution in [2.45, 2.75) is 39.2 Å². The Balaban J connectivity index is 2.76. The normalized spacial score (nSPS) is 12.4. The number of hydrogen-bond acceptors (Lipinski definition) is 5. The smallest absolute Gasteiger partial charge is 0.243 e. The highest BCUT2D eigenvalue weighted by atomic mass is 35.5. The average molecular weight is 273 g/mol. The third kappa shape index (κ3) is 4.38. The SMILES string of the molecule is CCc1nnc(NC(CCCl)COC)nc1CC. The van der Waals surface area contributed by atoms with Gasteiger partial charge in [-0.2, -0.15) is 5.10 Å². The predicted octanol–water partition coefficient (Wildman–Crippen LogP) is 2.05. The van der Waals surface area contributed by atoms with E-state index in [0.717, 1.165) is 30.7 Å². The van der Waals surface area contributed by atoms with Crippen LogP contribution in [0.5, 0.6) is 0 Å². The van der Waals surface area contributed by atoms with E-state index in [1.165, 1.54) is 0 Å². The molecule has 0 spiro atoms. The van der Waals surface area contributed by atoms with Crippen LogP contribution < -0.4 is 5.32 Å². The Morgan fingerprint density at radius 2 is 1.94 bits per heavy atom. The molecule has 1 aromatic heterocycles. The highest BCUT2D eigenvalue weighted by Crippen LogP contribution is 2.09. The molecule has 0 aliphatic carbocycles. The van der Waals surface area contributed by atoms with Crippen molar-refractivity contribution in [3.8, 4) is 0 Å². The van der Waals surface area contributed by atoms with Crippen molar-refractivity contribution in [3.05, 3.63) is 11.4 Å². The summed E-state index contributed by atoms with van der Waals surface area (Å²) in [5.74, 6) is 1.12. The van der Waals surface area contributed by atoms with Crippen LogP contribution in [0, 0.1) is 0 Å². The summed E-state index contributed by atoms with van der Waals surface area (Å²) in [6.45, 7) is 4.70.